The first-order valence-electron chi connectivity index (χ1n) is 5.25. The van der Waals surface area contributed by atoms with Gasteiger partial charge in [-0.25, -0.2) is 0 Å². The lowest BCUT2D eigenvalue weighted by atomic mass is 10.2. The molecular weight excluding hydrogens is 174 g/mol. The lowest BCUT2D eigenvalue weighted by Gasteiger charge is -2.21. The molecule has 0 radical (unpaired) electrons. The predicted octanol–water partition coefficient (Wildman–Crippen LogP) is 0.722. The summed E-state index contributed by atoms with van der Waals surface area (Å²) in [5.41, 5.74) is 6.99. The second-order valence-corrected chi connectivity index (χ2v) is 4.34. The Hall–Kier alpha value is -1.09. The normalized spacial score (nSPS) is 34.4. The van der Waals surface area contributed by atoms with Gasteiger partial charge in [-0.3, -0.25) is 4.98 Å². The van der Waals surface area contributed by atoms with E-state index in [9.17, 15) is 0 Å². The van der Waals surface area contributed by atoms with Gasteiger partial charge in [-0.2, -0.15) is 0 Å². The van der Waals surface area contributed by atoms with Crippen molar-refractivity contribution < 1.29 is 0 Å². The van der Waals surface area contributed by atoms with Gasteiger partial charge < -0.3 is 10.6 Å². The number of nitrogens with zero attached hydrogens (tertiary/aromatic N) is 2. The fourth-order valence-electron chi connectivity index (χ4n) is 2.76. The molecule has 0 spiro atoms. The van der Waals surface area contributed by atoms with Gasteiger partial charge in [0.05, 0.1) is 0 Å². The third-order valence-electron chi connectivity index (χ3n) is 3.67. The molecule has 3 heteroatoms. The van der Waals surface area contributed by atoms with Crippen LogP contribution in [0.15, 0.2) is 24.5 Å². The molecule has 2 N–H and O–H groups in total. The van der Waals surface area contributed by atoms with Gasteiger partial charge in [0.1, 0.15) is 0 Å². The number of anilines is 1. The van der Waals surface area contributed by atoms with E-state index in [2.05, 4.69) is 22.0 Å². The molecule has 1 aromatic heterocycles. The summed E-state index contributed by atoms with van der Waals surface area (Å²) in [6.45, 7) is 3.26. The smallest absolute Gasteiger partial charge is 0.0397 e. The van der Waals surface area contributed by atoms with E-state index in [1.807, 2.05) is 12.4 Å². The number of rotatable bonds is 2. The lowest BCUT2D eigenvalue weighted by Crippen LogP contribution is -2.25. The highest BCUT2D eigenvalue weighted by atomic mass is 15.2. The topological polar surface area (TPSA) is 42.1 Å². The quantitative estimate of drug-likeness (QED) is 0.745. The van der Waals surface area contributed by atoms with Crippen molar-refractivity contribution in [1.82, 2.24) is 4.98 Å². The van der Waals surface area contributed by atoms with E-state index in [0.717, 1.165) is 24.3 Å². The number of hydrogen-bond acceptors (Lipinski definition) is 3. The molecule has 2 aliphatic rings. The minimum Gasteiger partial charge on any atom is -0.371 e. The molecule has 1 aliphatic heterocycles. The number of piperidine rings is 1. The number of fused-ring (bicyclic) bond motifs is 1. The molecule has 0 amide bonds. The Morgan fingerprint density at radius 3 is 2.50 bits per heavy atom. The summed E-state index contributed by atoms with van der Waals surface area (Å²) in [7, 11) is 0. The third-order valence-corrected chi connectivity index (χ3v) is 3.67. The summed E-state index contributed by atoms with van der Waals surface area (Å²) in [6, 6.07) is 4.17. The largest absolute Gasteiger partial charge is 0.371 e. The third kappa shape index (κ3) is 1.12. The Labute approximate surface area is 83.9 Å². The van der Waals surface area contributed by atoms with Crippen molar-refractivity contribution in [3.63, 3.8) is 0 Å². The van der Waals surface area contributed by atoms with E-state index in [-0.39, 0.29) is 0 Å². The maximum atomic E-state index is 5.68. The summed E-state index contributed by atoms with van der Waals surface area (Å²) < 4.78 is 0. The number of pyridine rings is 1. The highest BCUT2D eigenvalue weighted by Gasteiger charge is 2.54. The Balaban J connectivity index is 1.70. The number of nitrogens with two attached hydrogens (primary N) is 1. The van der Waals surface area contributed by atoms with E-state index in [4.69, 9.17) is 5.73 Å². The Kier molecular flexibility index (Phi) is 1.74. The first-order valence-corrected chi connectivity index (χ1v) is 5.25. The van der Waals surface area contributed by atoms with Crippen molar-refractivity contribution in [3.05, 3.63) is 24.5 Å². The Morgan fingerprint density at radius 2 is 1.93 bits per heavy atom. The molecule has 3 rings (SSSR count). The molecule has 1 saturated carbocycles. The molecular formula is C11H15N3. The molecule has 2 unspecified atom stereocenters. The fraction of sp³-hybridized carbons (Fsp3) is 0.545. The molecule has 0 aromatic carbocycles. The van der Waals surface area contributed by atoms with Crippen LogP contribution >= 0.6 is 0 Å². The lowest BCUT2D eigenvalue weighted by molar-refractivity contribution is 0.647. The van der Waals surface area contributed by atoms with Crippen LogP contribution in [0.2, 0.25) is 0 Å². The van der Waals surface area contributed by atoms with Crippen molar-refractivity contribution in [3.8, 4) is 0 Å². The molecule has 2 heterocycles. The second-order valence-electron chi connectivity index (χ2n) is 4.34. The zero-order valence-electron chi connectivity index (χ0n) is 8.13. The first-order chi connectivity index (χ1) is 6.90. The SMILES string of the molecule is NCC1C2CN(c3ccncc3)CC12. The molecule has 14 heavy (non-hydrogen) atoms. The van der Waals surface area contributed by atoms with Gasteiger partial charge in [-0.1, -0.05) is 0 Å². The van der Waals surface area contributed by atoms with Crippen molar-refractivity contribution in [2.24, 2.45) is 23.5 Å². The molecule has 74 valence electrons. The number of aromatic nitrogens is 1. The summed E-state index contributed by atoms with van der Waals surface area (Å²) >= 11 is 0. The fourth-order valence-corrected chi connectivity index (χ4v) is 2.76. The van der Waals surface area contributed by atoms with Gasteiger partial charge in [0.15, 0.2) is 0 Å². The average Bonchev–Trinajstić information content (AvgIpc) is 2.72. The van der Waals surface area contributed by atoms with Crippen LogP contribution in [0.25, 0.3) is 0 Å². The highest BCUT2D eigenvalue weighted by Crippen LogP contribution is 2.51. The zero-order valence-corrected chi connectivity index (χ0v) is 8.13. The Morgan fingerprint density at radius 1 is 1.29 bits per heavy atom. The van der Waals surface area contributed by atoms with E-state index in [0.29, 0.717) is 0 Å². The Bertz CT molecular complexity index is 313. The van der Waals surface area contributed by atoms with Crippen LogP contribution in [-0.2, 0) is 0 Å². The summed E-state index contributed by atoms with van der Waals surface area (Å²) in [5, 5.41) is 0. The molecule has 3 nitrogen and oxygen atoms in total. The number of hydrogen-bond donors (Lipinski definition) is 1. The summed E-state index contributed by atoms with van der Waals surface area (Å²) in [5.74, 6) is 2.55. The standard InChI is InChI=1S/C11H15N3/c12-5-9-10-6-14(7-11(9)10)8-1-3-13-4-2-8/h1-4,9-11H,5-7,12H2. The molecule has 0 bridgehead atoms. The molecule has 1 aliphatic carbocycles. The van der Waals surface area contributed by atoms with Gasteiger partial charge in [0.25, 0.3) is 0 Å². The molecule has 1 saturated heterocycles. The predicted molar refractivity (Wildman–Crippen MR) is 56.0 cm³/mol. The van der Waals surface area contributed by atoms with Crippen molar-refractivity contribution in [1.29, 1.82) is 0 Å². The van der Waals surface area contributed by atoms with Gasteiger partial charge in [0.2, 0.25) is 0 Å². The van der Waals surface area contributed by atoms with Gasteiger partial charge in [-0.05, 0) is 36.4 Å². The van der Waals surface area contributed by atoms with Gasteiger partial charge in [0, 0.05) is 31.2 Å². The van der Waals surface area contributed by atoms with E-state index >= 15 is 0 Å². The van der Waals surface area contributed by atoms with Crippen LogP contribution in [0.3, 0.4) is 0 Å². The maximum absolute atomic E-state index is 5.68. The van der Waals surface area contributed by atoms with Crippen molar-refractivity contribution in [2.45, 2.75) is 0 Å². The highest BCUT2D eigenvalue weighted by molar-refractivity contribution is 5.47. The summed E-state index contributed by atoms with van der Waals surface area (Å²) in [6.07, 6.45) is 3.72. The van der Waals surface area contributed by atoms with E-state index in [1.165, 1.54) is 18.8 Å². The second kappa shape index (κ2) is 2.95. The summed E-state index contributed by atoms with van der Waals surface area (Å²) in [4.78, 5) is 6.48. The van der Waals surface area contributed by atoms with E-state index < -0.39 is 0 Å². The monoisotopic (exact) mass is 189 g/mol. The minimum absolute atomic E-state index is 0.813. The van der Waals surface area contributed by atoms with Crippen LogP contribution < -0.4 is 10.6 Å². The van der Waals surface area contributed by atoms with Crippen molar-refractivity contribution in [2.75, 3.05) is 24.5 Å². The zero-order chi connectivity index (χ0) is 9.54. The molecule has 1 aromatic rings. The van der Waals surface area contributed by atoms with Crippen LogP contribution in [0.4, 0.5) is 5.69 Å². The van der Waals surface area contributed by atoms with Crippen LogP contribution in [0.1, 0.15) is 0 Å². The van der Waals surface area contributed by atoms with Gasteiger partial charge >= 0.3 is 0 Å². The maximum Gasteiger partial charge on any atom is 0.0397 e. The molecule has 2 fully saturated rings. The van der Waals surface area contributed by atoms with E-state index in [1.54, 1.807) is 0 Å². The molecule has 2 atom stereocenters. The average molecular weight is 189 g/mol. The van der Waals surface area contributed by atoms with Crippen LogP contribution in [0, 0.1) is 17.8 Å². The minimum atomic E-state index is 0.813. The van der Waals surface area contributed by atoms with Crippen molar-refractivity contribution >= 4 is 5.69 Å². The first kappa shape index (κ1) is 8.24. The van der Waals surface area contributed by atoms with Gasteiger partial charge in [-0.15, -0.1) is 0 Å². The van der Waals surface area contributed by atoms with Crippen LogP contribution in [-0.4, -0.2) is 24.6 Å². The van der Waals surface area contributed by atoms with Crippen LogP contribution in [0.5, 0.6) is 0 Å².